The average molecular weight is 304 g/mol. The van der Waals surface area contributed by atoms with Crippen LogP contribution in [-0.2, 0) is 0 Å². The summed E-state index contributed by atoms with van der Waals surface area (Å²) in [6.45, 7) is 0. The molecular weight excluding hydrogens is 299 g/mol. The zero-order chi connectivity index (χ0) is 10.8. The van der Waals surface area contributed by atoms with Crippen molar-refractivity contribution in [2.24, 2.45) is 0 Å². The molecule has 0 unspecified atom stereocenters. The molecule has 0 aliphatic rings. The summed E-state index contributed by atoms with van der Waals surface area (Å²) in [4.78, 5) is 7.80. The minimum Gasteiger partial charge on any atom is -0.224 e. The van der Waals surface area contributed by atoms with E-state index in [1.165, 1.54) is 6.33 Å². The molecule has 1 aromatic heterocycles. The van der Waals surface area contributed by atoms with Crippen LogP contribution in [-0.4, -0.2) is 9.97 Å². The van der Waals surface area contributed by atoms with Gasteiger partial charge in [-0.2, -0.15) is 0 Å². The molecule has 0 amide bonds. The Balaban J connectivity index is 2.63. The first-order valence-corrected chi connectivity index (χ1v) is 5.65. The lowest BCUT2D eigenvalue weighted by molar-refractivity contribution is 1.17. The van der Waals surface area contributed by atoms with Gasteiger partial charge in [-0.05, 0) is 17.7 Å². The molecule has 15 heavy (non-hydrogen) atoms. The fourth-order valence-electron chi connectivity index (χ4n) is 1.23. The molecule has 0 spiro atoms. The maximum atomic E-state index is 5.97. The Labute approximate surface area is 105 Å². The SMILES string of the molecule is Clc1ncnc(Cl)c1-c1cccc(Br)c1. The highest BCUT2D eigenvalue weighted by Crippen LogP contribution is 2.32. The molecular formula is C10H5BrCl2N2. The van der Waals surface area contributed by atoms with E-state index in [-0.39, 0.29) is 0 Å². The predicted octanol–water partition coefficient (Wildman–Crippen LogP) is 4.21. The molecule has 1 heterocycles. The van der Waals surface area contributed by atoms with Crippen molar-refractivity contribution in [1.82, 2.24) is 9.97 Å². The molecule has 0 N–H and O–H groups in total. The van der Waals surface area contributed by atoms with E-state index in [2.05, 4.69) is 25.9 Å². The smallest absolute Gasteiger partial charge is 0.141 e. The summed E-state index contributed by atoms with van der Waals surface area (Å²) in [5.41, 5.74) is 1.54. The number of hydrogen-bond donors (Lipinski definition) is 0. The summed E-state index contributed by atoms with van der Waals surface area (Å²) in [7, 11) is 0. The van der Waals surface area contributed by atoms with Crippen LogP contribution < -0.4 is 0 Å². The van der Waals surface area contributed by atoms with E-state index in [9.17, 15) is 0 Å². The minimum atomic E-state index is 0.355. The maximum Gasteiger partial charge on any atom is 0.141 e. The summed E-state index contributed by atoms with van der Waals surface area (Å²) in [6.07, 6.45) is 1.34. The van der Waals surface area contributed by atoms with Crippen LogP contribution in [0.5, 0.6) is 0 Å². The molecule has 0 fully saturated rings. The highest BCUT2D eigenvalue weighted by molar-refractivity contribution is 9.10. The number of benzene rings is 1. The van der Waals surface area contributed by atoms with Crippen molar-refractivity contribution in [3.8, 4) is 11.1 Å². The van der Waals surface area contributed by atoms with Gasteiger partial charge in [0.1, 0.15) is 16.6 Å². The fourth-order valence-corrected chi connectivity index (χ4v) is 2.16. The van der Waals surface area contributed by atoms with Gasteiger partial charge in [0.15, 0.2) is 0 Å². The zero-order valence-electron chi connectivity index (χ0n) is 7.42. The number of aromatic nitrogens is 2. The topological polar surface area (TPSA) is 25.8 Å². The van der Waals surface area contributed by atoms with Gasteiger partial charge in [-0.25, -0.2) is 9.97 Å². The summed E-state index contributed by atoms with van der Waals surface area (Å²) in [6, 6.07) is 7.64. The van der Waals surface area contributed by atoms with Crippen molar-refractivity contribution in [2.75, 3.05) is 0 Å². The Bertz CT molecular complexity index is 482. The van der Waals surface area contributed by atoms with Gasteiger partial charge in [-0.3, -0.25) is 0 Å². The van der Waals surface area contributed by atoms with Crippen LogP contribution in [0.3, 0.4) is 0 Å². The van der Waals surface area contributed by atoms with Gasteiger partial charge in [-0.15, -0.1) is 0 Å². The molecule has 0 saturated heterocycles. The van der Waals surface area contributed by atoms with Gasteiger partial charge in [-0.1, -0.05) is 51.3 Å². The normalized spacial score (nSPS) is 10.3. The highest BCUT2D eigenvalue weighted by atomic mass is 79.9. The van der Waals surface area contributed by atoms with Crippen LogP contribution in [0.2, 0.25) is 10.3 Å². The highest BCUT2D eigenvalue weighted by Gasteiger charge is 2.10. The lowest BCUT2D eigenvalue weighted by Gasteiger charge is -2.05. The van der Waals surface area contributed by atoms with E-state index < -0.39 is 0 Å². The summed E-state index contributed by atoms with van der Waals surface area (Å²) in [5, 5.41) is 0.709. The summed E-state index contributed by atoms with van der Waals surface area (Å²) < 4.78 is 0.955. The number of rotatable bonds is 1. The van der Waals surface area contributed by atoms with Crippen molar-refractivity contribution in [1.29, 1.82) is 0 Å². The zero-order valence-corrected chi connectivity index (χ0v) is 10.5. The second-order valence-electron chi connectivity index (χ2n) is 2.84. The standard InChI is InChI=1S/C10H5BrCl2N2/c11-7-3-1-2-6(4-7)8-9(12)14-5-15-10(8)13/h1-5H. The van der Waals surface area contributed by atoms with E-state index in [0.717, 1.165) is 10.0 Å². The molecule has 0 saturated carbocycles. The lowest BCUT2D eigenvalue weighted by Crippen LogP contribution is -1.88. The third-order valence-electron chi connectivity index (χ3n) is 1.87. The molecule has 2 aromatic rings. The molecule has 5 heteroatoms. The monoisotopic (exact) mass is 302 g/mol. The van der Waals surface area contributed by atoms with Crippen LogP contribution >= 0.6 is 39.1 Å². The molecule has 0 atom stereocenters. The van der Waals surface area contributed by atoms with E-state index >= 15 is 0 Å². The van der Waals surface area contributed by atoms with Gasteiger partial charge >= 0.3 is 0 Å². The Kier molecular flexibility index (Phi) is 3.24. The van der Waals surface area contributed by atoms with Crippen LogP contribution in [0.4, 0.5) is 0 Å². The van der Waals surface area contributed by atoms with E-state index in [1.807, 2.05) is 24.3 Å². The van der Waals surface area contributed by atoms with Crippen LogP contribution in [0.15, 0.2) is 35.1 Å². The Hall–Kier alpha value is -0.640. The second-order valence-corrected chi connectivity index (χ2v) is 4.47. The van der Waals surface area contributed by atoms with Crippen molar-refractivity contribution in [2.45, 2.75) is 0 Å². The van der Waals surface area contributed by atoms with E-state index in [0.29, 0.717) is 15.9 Å². The molecule has 0 aliphatic carbocycles. The van der Waals surface area contributed by atoms with Crippen molar-refractivity contribution >= 4 is 39.1 Å². The third-order valence-corrected chi connectivity index (χ3v) is 2.93. The maximum absolute atomic E-state index is 5.97. The lowest BCUT2D eigenvalue weighted by atomic mass is 10.1. The minimum absolute atomic E-state index is 0.355. The second kappa shape index (κ2) is 4.47. The molecule has 0 bridgehead atoms. The molecule has 0 radical (unpaired) electrons. The molecule has 2 nitrogen and oxygen atoms in total. The first kappa shape index (κ1) is 10.9. The van der Waals surface area contributed by atoms with Crippen molar-refractivity contribution in [3.63, 3.8) is 0 Å². The molecule has 2 rings (SSSR count). The first-order chi connectivity index (χ1) is 7.18. The van der Waals surface area contributed by atoms with Crippen LogP contribution in [0, 0.1) is 0 Å². The van der Waals surface area contributed by atoms with Gasteiger partial charge in [0.25, 0.3) is 0 Å². The third kappa shape index (κ3) is 2.30. The number of halogens is 3. The van der Waals surface area contributed by atoms with Gasteiger partial charge in [0.2, 0.25) is 0 Å². The number of nitrogens with zero attached hydrogens (tertiary/aromatic N) is 2. The largest absolute Gasteiger partial charge is 0.224 e. The Morgan fingerprint density at radius 2 is 1.73 bits per heavy atom. The van der Waals surface area contributed by atoms with Gasteiger partial charge in [0, 0.05) is 4.47 Å². The van der Waals surface area contributed by atoms with Crippen LogP contribution in [0.1, 0.15) is 0 Å². The molecule has 76 valence electrons. The predicted molar refractivity (Wildman–Crippen MR) is 65.2 cm³/mol. The number of hydrogen-bond acceptors (Lipinski definition) is 2. The first-order valence-electron chi connectivity index (χ1n) is 4.10. The molecule has 1 aromatic carbocycles. The molecule has 0 aliphatic heterocycles. The average Bonchev–Trinajstić information content (AvgIpc) is 2.17. The van der Waals surface area contributed by atoms with E-state index in [1.54, 1.807) is 0 Å². The summed E-state index contributed by atoms with van der Waals surface area (Å²) >= 11 is 15.3. The Morgan fingerprint density at radius 3 is 2.33 bits per heavy atom. The van der Waals surface area contributed by atoms with Gasteiger partial charge < -0.3 is 0 Å². The van der Waals surface area contributed by atoms with Crippen molar-refractivity contribution < 1.29 is 0 Å². The van der Waals surface area contributed by atoms with Crippen LogP contribution in [0.25, 0.3) is 11.1 Å². The summed E-state index contributed by atoms with van der Waals surface area (Å²) in [5.74, 6) is 0. The fraction of sp³-hybridized carbons (Fsp3) is 0. The quantitative estimate of drug-likeness (QED) is 0.737. The van der Waals surface area contributed by atoms with E-state index in [4.69, 9.17) is 23.2 Å². The van der Waals surface area contributed by atoms with Crippen molar-refractivity contribution in [3.05, 3.63) is 45.4 Å². The Morgan fingerprint density at radius 1 is 1.07 bits per heavy atom. The van der Waals surface area contributed by atoms with Gasteiger partial charge in [0.05, 0.1) is 5.56 Å².